The van der Waals surface area contributed by atoms with Crippen molar-refractivity contribution in [2.24, 2.45) is 0 Å². The molecule has 0 fully saturated rings. The molecule has 0 unspecified atom stereocenters. The van der Waals surface area contributed by atoms with Gasteiger partial charge in [-0.25, -0.2) is 0 Å². The first-order chi connectivity index (χ1) is 7.02. The van der Waals surface area contributed by atoms with Gasteiger partial charge in [-0.05, 0) is 6.07 Å². The minimum absolute atomic E-state index is 0.0286. The second-order valence-electron chi connectivity index (χ2n) is 2.53. The summed E-state index contributed by atoms with van der Waals surface area (Å²) in [4.78, 5) is 19.3. The average Bonchev–Trinajstić information content (AvgIpc) is 2.15. The van der Waals surface area contributed by atoms with Gasteiger partial charge in [0.1, 0.15) is 0 Å². The van der Waals surface area contributed by atoms with E-state index >= 15 is 0 Å². The predicted molar refractivity (Wildman–Crippen MR) is 54.1 cm³/mol. The number of hydrogen-bond acceptors (Lipinski definition) is 4. The van der Waals surface area contributed by atoms with Crippen molar-refractivity contribution in [1.82, 2.24) is 0 Å². The number of nitro benzene ring substituents is 1. The number of nitro groups is 2. The molecule has 0 N–H and O–H groups in total. The van der Waals surface area contributed by atoms with Gasteiger partial charge >= 0.3 is 0 Å². The summed E-state index contributed by atoms with van der Waals surface area (Å²) in [5, 5.41) is 20.7. The fourth-order valence-corrected chi connectivity index (χ4v) is 1.22. The van der Waals surface area contributed by atoms with Gasteiger partial charge in [0.2, 0.25) is 6.20 Å². The molecule has 6 nitrogen and oxygen atoms in total. The molecule has 0 saturated heterocycles. The molecule has 0 bridgehead atoms. The molecule has 15 heavy (non-hydrogen) atoms. The molecule has 1 aromatic carbocycles. The normalized spacial score (nSPS) is 10.5. The van der Waals surface area contributed by atoms with Crippen molar-refractivity contribution in [3.8, 4) is 0 Å². The molecular weight excluding hydrogens is 224 g/mol. The van der Waals surface area contributed by atoms with E-state index in [1.165, 1.54) is 18.2 Å². The second-order valence-corrected chi connectivity index (χ2v) is 2.94. The lowest BCUT2D eigenvalue weighted by atomic mass is 10.2. The molecule has 0 heterocycles. The summed E-state index contributed by atoms with van der Waals surface area (Å²) < 4.78 is 0. The highest BCUT2D eigenvalue weighted by Crippen LogP contribution is 2.27. The molecule has 78 valence electrons. The van der Waals surface area contributed by atoms with Crippen LogP contribution in [0, 0.1) is 20.2 Å². The zero-order chi connectivity index (χ0) is 11.4. The van der Waals surface area contributed by atoms with E-state index in [9.17, 15) is 20.2 Å². The minimum atomic E-state index is -0.715. The molecule has 1 rings (SSSR count). The van der Waals surface area contributed by atoms with E-state index in [1.54, 1.807) is 0 Å². The third kappa shape index (κ3) is 2.75. The Kier molecular flexibility index (Phi) is 3.35. The lowest BCUT2D eigenvalue weighted by Gasteiger charge is -1.98. The molecule has 0 atom stereocenters. The van der Waals surface area contributed by atoms with Gasteiger partial charge in [0.25, 0.3) is 5.69 Å². The molecule has 7 heteroatoms. The van der Waals surface area contributed by atoms with Crippen molar-refractivity contribution < 1.29 is 9.85 Å². The summed E-state index contributed by atoms with van der Waals surface area (Å²) in [6.45, 7) is 0. The van der Waals surface area contributed by atoms with Crippen LogP contribution in [0.1, 0.15) is 5.56 Å². The maximum atomic E-state index is 10.6. The number of halogens is 1. The third-order valence-electron chi connectivity index (χ3n) is 1.59. The van der Waals surface area contributed by atoms with Crippen LogP contribution in [0.4, 0.5) is 5.69 Å². The van der Waals surface area contributed by atoms with Crippen LogP contribution in [0.25, 0.3) is 6.08 Å². The van der Waals surface area contributed by atoms with Crippen LogP contribution >= 0.6 is 11.6 Å². The third-order valence-corrected chi connectivity index (χ3v) is 1.92. The van der Waals surface area contributed by atoms with Gasteiger partial charge in [0.05, 0.1) is 20.4 Å². The Morgan fingerprint density at radius 2 is 1.93 bits per heavy atom. The monoisotopic (exact) mass is 228 g/mol. The molecule has 0 spiro atoms. The summed E-state index contributed by atoms with van der Waals surface area (Å²) >= 11 is 5.68. The molecule has 0 aliphatic rings. The molecular formula is C8H5ClN2O4. The largest absolute Gasteiger partial charge is 0.278 e. The van der Waals surface area contributed by atoms with Gasteiger partial charge in [-0.3, -0.25) is 20.2 Å². The topological polar surface area (TPSA) is 86.3 Å². The number of benzene rings is 1. The molecule has 0 amide bonds. The Labute approximate surface area is 89.1 Å². The van der Waals surface area contributed by atoms with Gasteiger partial charge in [0.15, 0.2) is 0 Å². The zero-order valence-electron chi connectivity index (χ0n) is 7.29. The smallest absolute Gasteiger partial charge is 0.259 e. The molecule has 0 aliphatic heterocycles. The maximum absolute atomic E-state index is 10.6. The molecule has 0 saturated carbocycles. The maximum Gasteiger partial charge on any atom is 0.278 e. The highest BCUT2D eigenvalue weighted by atomic mass is 35.5. The van der Waals surface area contributed by atoms with Crippen LogP contribution in [0.3, 0.4) is 0 Å². The van der Waals surface area contributed by atoms with E-state index in [2.05, 4.69) is 0 Å². The summed E-state index contributed by atoms with van der Waals surface area (Å²) in [7, 11) is 0. The SMILES string of the molecule is O=[N+]([O-])/C=C/c1c(Cl)cccc1[N+](=O)[O-]. The standard InChI is InChI=1S/C8H5ClN2O4/c9-7-2-1-3-8(11(14)15)6(7)4-5-10(12)13/h1-5H/b5-4+. The first-order valence-corrected chi connectivity index (χ1v) is 4.15. The van der Waals surface area contributed by atoms with Crippen LogP contribution in [-0.2, 0) is 0 Å². The van der Waals surface area contributed by atoms with Crippen molar-refractivity contribution in [3.05, 3.63) is 55.2 Å². The van der Waals surface area contributed by atoms with E-state index in [4.69, 9.17) is 11.6 Å². The van der Waals surface area contributed by atoms with Gasteiger partial charge in [-0.1, -0.05) is 17.7 Å². The van der Waals surface area contributed by atoms with Crippen molar-refractivity contribution in [1.29, 1.82) is 0 Å². The predicted octanol–water partition coefficient (Wildman–Crippen LogP) is 2.50. The molecule has 1 aromatic rings. The lowest BCUT2D eigenvalue weighted by Crippen LogP contribution is -1.92. The van der Waals surface area contributed by atoms with Crippen LogP contribution in [0.2, 0.25) is 5.02 Å². The molecule has 0 aliphatic carbocycles. The minimum Gasteiger partial charge on any atom is -0.259 e. The lowest BCUT2D eigenvalue weighted by molar-refractivity contribution is -0.401. The van der Waals surface area contributed by atoms with Crippen LogP contribution < -0.4 is 0 Å². The molecule has 0 radical (unpaired) electrons. The molecule has 0 aromatic heterocycles. The van der Waals surface area contributed by atoms with Crippen molar-refractivity contribution >= 4 is 23.4 Å². The Bertz CT molecular complexity index is 444. The van der Waals surface area contributed by atoms with Crippen LogP contribution in [0.15, 0.2) is 24.4 Å². The van der Waals surface area contributed by atoms with Gasteiger partial charge < -0.3 is 0 Å². The Balaban J connectivity index is 3.25. The van der Waals surface area contributed by atoms with Gasteiger partial charge in [-0.15, -0.1) is 0 Å². The van der Waals surface area contributed by atoms with E-state index in [0.29, 0.717) is 6.20 Å². The van der Waals surface area contributed by atoms with Gasteiger partial charge in [-0.2, -0.15) is 0 Å². The highest BCUT2D eigenvalue weighted by molar-refractivity contribution is 6.32. The van der Waals surface area contributed by atoms with E-state index in [1.807, 2.05) is 0 Å². The average molecular weight is 229 g/mol. The summed E-state index contributed by atoms with van der Waals surface area (Å²) in [5.41, 5.74) is -0.235. The fraction of sp³-hybridized carbons (Fsp3) is 0. The highest BCUT2D eigenvalue weighted by Gasteiger charge is 2.14. The summed E-state index contributed by atoms with van der Waals surface area (Å²) in [5.74, 6) is 0. The second kappa shape index (κ2) is 4.52. The Morgan fingerprint density at radius 1 is 1.27 bits per heavy atom. The number of nitrogens with zero attached hydrogens (tertiary/aromatic N) is 2. The van der Waals surface area contributed by atoms with Gasteiger partial charge in [0, 0.05) is 12.1 Å². The van der Waals surface area contributed by atoms with E-state index in [-0.39, 0.29) is 16.3 Å². The van der Waals surface area contributed by atoms with E-state index in [0.717, 1.165) is 6.08 Å². The first-order valence-electron chi connectivity index (χ1n) is 3.77. The quantitative estimate of drug-likeness (QED) is 0.587. The van der Waals surface area contributed by atoms with E-state index < -0.39 is 9.85 Å². The fourth-order valence-electron chi connectivity index (χ4n) is 0.985. The van der Waals surface area contributed by atoms with Crippen LogP contribution in [0.5, 0.6) is 0 Å². The summed E-state index contributed by atoms with van der Waals surface area (Å²) in [6, 6.07) is 4.06. The first kappa shape index (κ1) is 11.1. The van der Waals surface area contributed by atoms with Crippen molar-refractivity contribution in [2.45, 2.75) is 0 Å². The Morgan fingerprint density at radius 3 is 2.47 bits per heavy atom. The summed E-state index contributed by atoms with van der Waals surface area (Å²) in [6.07, 6.45) is 1.61. The van der Waals surface area contributed by atoms with Crippen molar-refractivity contribution in [2.75, 3.05) is 0 Å². The number of rotatable bonds is 3. The number of hydrogen-bond donors (Lipinski definition) is 0. The zero-order valence-corrected chi connectivity index (χ0v) is 8.05. The van der Waals surface area contributed by atoms with Crippen molar-refractivity contribution in [3.63, 3.8) is 0 Å². The van der Waals surface area contributed by atoms with Crippen LogP contribution in [-0.4, -0.2) is 9.85 Å². The Hall–Kier alpha value is -1.95.